The van der Waals surface area contributed by atoms with Crippen LogP contribution in [-0.2, 0) is 10.5 Å². The number of carbonyl (C=O) groups excluding carboxylic acids is 1. The summed E-state index contributed by atoms with van der Waals surface area (Å²) >= 11 is 3.05. The van der Waals surface area contributed by atoms with Crippen molar-refractivity contribution < 1.29 is 9.53 Å². The molecule has 4 rings (SSSR count). The Labute approximate surface area is 169 Å². The van der Waals surface area contributed by atoms with Crippen molar-refractivity contribution in [1.29, 1.82) is 0 Å². The number of nitrogens with zero attached hydrogens (tertiary/aromatic N) is 4. The summed E-state index contributed by atoms with van der Waals surface area (Å²) in [7, 11) is 1.36. The number of imidazole rings is 1. The van der Waals surface area contributed by atoms with Crippen LogP contribution in [0.3, 0.4) is 0 Å². The van der Waals surface area contributed by atoms with E-state index in [1.807, 2.05) is 41.1 Å². The van der Waals surface area contributed by atoms with Gasteiger partial charge in [0, 0.05) is 23.8 Å². The summed E-state index contributed by atoms with van der Waals surface area (Å²) in [5.74, 6) is 0.230. The molecule has 28 heavy (non-hydrogen) atoms. The van der Waals surface area contributed by atoms with Crippen molar-refractivity contribution in [2.75, 3.05) is 12.4 Å². The molecule has 0 aliphatic rings. The number of aryl methyl sites for hydroxylation is 1. The molecule has 0 bridgehead atoms. The van der Waals surface area contributed by atoms with Gasteiger partial charge in [-0.25, -0.2) is 9.78 Å². The van der Waals surface area contributed by atoms with Gasteiger partial charge in [0.1, 0.15) is 5.56 Å². The second-order valence-corrected chi connectivity index (χ2v) is 8.23. The molecule has 0 saturated heterocycles. The maximum Gasteiger partial charge on any atom is 0.341 e. The highest BCUT2D eigenvalue weighted by atomic mass is 32.2. The topological polar surface area (TPSA) is 81.4 Å². The van der Waals surface area contributed by atoms with E-state index in [-0.39, 0.29) is 0 Å². The summed E-state index contributed by atoms with van der Waals surface area (Å²) in [6.45, 7) is 2.05. The van der Waals surface area contributed by atoms with Crippen molar-refractivity contribution in [3.05, 3.63) is 65.6 Å². The minimum Gasteiger partial charge on any atom is -0.465 e. The van der Waals surface area contributed by atoms with E-state index in [0.717, 1.165) is 20.9 Å². The Hall–Kier alpha value is -2.91. The van der Waals surface area contributed by atoms with Gasteiger partial charge in [0.15, 0.2) is 9.99 Å². The second kappa shape index (κ2) is 7.99. The predicted molar refractivity (Wildman–Crippen MR) is 110 cm³/mol. The van der Waals surface area contributed by atoms with Crippen molar-refractivity contribution in [2.45, 2.75) is 17.0 Å². The number of carbonyl (C=O) groups is 1. The molecule has 142 valence electrons. The lowest BCUT2D eigenvalue weighted by Crippen LogP contribution is -2.03. The molecular weight excluding hydrogens is 394 g/mol. The number of thioether (sulfide) groups is 1. The van der Waals surface area contributed by atoms with Gasteiger partial charge in [-0.2, -0.15) is 0 Å². The molecule has 0 saturated carbocycles. The largest absolute Gasteiger partial charge is 0.465 e. The maximum atomic E-state index is 11.9. The highest BCUT2D eigenvalue weighted by Crippen LogP contribution is 2.30. The monoisotopic (exact) mass is 411 g/mol. The van der Waals surface area contributed by atoms with Crippen LogP contribution in [0.5, 0.6) is 0 Å². The van der Waals surface area contributed by atoms with Crippen molar-refractivity contribution in [3.63, 3.8) is 0 Å². The lowest BCUT2D eigenvalue weighted by molar-refractivity contribution is 0.0602. The number of esters is 1. The molecule has 3 heterocycles. The van der Waals surface area contributed by atoms with Gasteiger partial charge >= 0.3 is 5.97 Å². The van der Waals surface area contributed by atoms with Crippen molar-refractivity contribution in [3.8, 4) is 0 Å². The van der Waals surface area contributed by atoms with Crippen molar-refractivity contribution >= 4 is 45.5 Å². The van der Waals surface area contributed by atoms with Crippen LogP contribution >= 0.6 is 23.1 Å². The molecule has 9 heteroatoms. The molecule has 0 fully saturated rings. The average Bonchev–Trinajstić information content (AvgIpc) is 3.33. The third-order valence-electron chi connectivity index (χ3n) is 3.99. The standard InChI is InChI=1S/C19H17N5O2S2/c1-12-5-7-13(8-6-12)21-18-22-23-19(28-18)27-11-14-10-24-9-3-4-15(16(24)20-14)17(25)26-2/h3-10H,11H2,1-2H3,(H,21,22). The van der Waals surface area contributed by atoms with Crippen LogP contribution in [0, 0.1) is 6.92 Å². The lowest BCUT2D eigenvalue weighted by Gasteiger charge is -2.01. The van der Waals surface area contributed by atoms with Gasteiger partial charge in [0.25, 0.3) is 0 Å². The van der Waals surface area contributed by atoms with Crippen molar-refractivity contribution in [1.82, 2.24) is 19.6 Å². The summed E-state index contributed by atoms with van der Waals surface area (Å²) in [6, 6.07) is 11.6. The van der Waals surface area contributed by atoms with Gasteiger partial charge in [-0.15, -0.1) is 10.2 Å². The summed E-state index contributed by atoms with van der Waals surface area (Å²) in [5, 5.41) is 12.4. The minimum absolute atomic E-state index is 0.397. The van der Waals surface area contributed by atoms with Gasteiger partial charge in [0.2, 0.25) is 5.13 Å². The highest BCUT2D eigenvalue weighted by Gasteiger charge is 2.14. The van der Waals surface area contributed by atoms with Crippen LogP contribution in [0.25, 0.3) is 5.65 Å². The minimum atomic E-state index is -0.397. The number of anilines is 2. The zero-order chi connectivity index (χ0) is 19.5. The van der Waals surface area contributed by atoms with Gasteiger partial charge in [-0.1, -0.05) is 40.8 Å². The molecule has 4 aromatic rings. The number of aromatic nitrogens is 4. The fourth-order valence-corrected chi connectivity index (χ4v) is 4.27. The molecule has 0 aliphatic heterocycles. The molecule has 7 nitrogen and oxygen atoms in total. The van der Waals surface area contributed by atoms with E-state index < -0.39 is 5.97 Å². The van der Waals surface area contributed by atoms with Gasteiger partial charge < -0.3 is 14.5 Å². The molecule has 0 amide bonds. The molecule has 0 radical (unpaired) electrons. The fraction of sp³-hybridized carbons (Fsp3) is 0.158. The third kappa shape index (κ3) is 4.00. The van der Waals surface area contributed by atoms with Crippen LogP contribution in [0.4, 0.5) is 10.8 Å². The Morgan fingerprint density at radius 1 is 1.25 bits per heavy atom. The number of nitrogens with one attached hydrogen (secondary N) is 1. The van der Waals surface area contributed by atoms with E-state index in [0.29, 0.717) is 17.0 Å². The van der Waals surface area contributed by atoms with Crippen LogP contribution in [0.1, 0.15) is 21.6 Å². The van der Waals surface area contributed by atoms with Crippen molar-refractivity contribution in [2.24, 2.45) is 0 Å². The lowest BCUT2D eigenvalue weighted by atomic mass is 10.2. The van der Waals surface area contributed by atoms with E-state index in [4.69, 9.17) is 4.74 Å². The average molecular weight is 412 g/mol. The van der Waals surface area contributed by atoms with Crippen LogP contribution < -0.4 is 5.32 Å². The van der Waals surface area contributed by atoms with Gasteiger partial charge in [-0.3, -0.25) is 0 Å². The summed E-state index contributed by atoms with van der Waals surface area (Å²) in [6.07, 6.45) is 3.76. The maximum absolute atomic E-state index is 11.9. The molecule has 3 aromatic heterocycles. The number of hydrogen-bond acceptors (Lipinski definition) is 8. The van der Waals surface area contributed by atoms with E-state index in [1.165, 1.54) is 24.0 Å². The molecule has 0 aliphatic carbocycles. The molecule has 1 N–H and O–H groups in total. The predicted octanol–water partition coefficient (Wildman–Crippen LogP) is 4.32. The second-order valence-electron chi connectivity index (χ2n) is 6.03. The normalized spacial score (nSPS) is 10.9. The highest BCUT2D eigenvalue weighted by molar-refractivity contribution is 8.00. The van der Waals surface area contributed by atoms with Gasteiger partial charge in [0.05, 0.1) is 12.8 Å². The number of hydrogen-bond donors (Lipinski definition) is 1. The number of methoxy groups -OCH3 is 1. The smallest absolute Gasteiger partial charge is 0.341 e. The molecule has 1 aromatic carbocycles. The Balaban J connectivity index is 1.44. The number of fused-ring (bicyclic) bond motifs is 1. The number of benzene rings is 1. The van der Waals surface area contributed by atoms with Gasteiger partial charge in [-0.05, 0) is 31.2 Å². The van der Waals surface area contributed by atoms with Crippen LogP contribution in [-0.4, -0.2) is 32.7 Å². The molecule has 0 spiro atoms. The SMILES string of the molecule is COC(=O)c1cccn2cc(CSc3nnc(Nc4ccc(C)cc4)s3)nc12. The van der Waals surface area contributed by atoms with E-state index >= 15 is 0 Å². The molecule has 0 unspecified atom stereocenters. The van der Waals surface area contributed by atoms with Crippen LogP contribution in [0.15, 0.2) is 53.1 Å². The number of rotatable bonds is 6. The first kappa shape index (κ1) is 18.5. The number of ether oxygens (including phenoxy) is 1. The zero-order valence-electron chi connectivity index (χ0n) is 15.2. The first-order valence-corrected chi connectivity index (χ1v) is 10.3. The summed E-state index contributed by atoms with van der Waals surface area (Å²) in [4.78, 5) is 16.4. The Morgan fingerprint density at radius 3 is 2.86 bits per heavy atom. The molecular formula is C19H17N5O2S2. The first-order valence-electron chi connectivity index (χ1n) is 8.47. The van der Waals surface area contributed by atoms with E-state index in [1.54, 1.807) is 23.9 Å². The summed E-state index contributed by atoms with van der Waals surface area (Å²) in [5.41, 5.74) is 4.08. The van der Waals surface area contributed by atoms with E-state index in [2.05, 4.69) is 27.4 Å². The summed E-state index contributed by atoms with van der Waals surface area (Å²) < 4.78 is 7.49. The fourth-order valence-electron chi connectivity index (χ4n) is 2.62. The first-order chi connectivity index (χ1) is 13.6. The Morgan fingerprint density at radius 2 is 2.07 bits per heavy atom. The Bertz CT molecular complexity index is 1120. The van der Waals surface area contributed by atoms with Crippen LogP contribution in [0.2, 0.25) is 0 Å². The third-order valence-corrected chi connectivity index (χ3v) is 6.00. The quantitative estimate of drug-likeness (QED) is 0.374. The molecule has 0 atom stereocenters. The Kier molecular flexibility index (Phi) is 5.27. The number of pyridine rings is 1. The zero-order valence-corrected chi connectivity index (χ0v) is 16.9. The van der Waals surface area contributed by atoms with E-state index in [9.17, 15) is 4.79 Å².